The summed E-state index contributed by atoms with van der Waals surface area (Å²) in [5.41, 5.74) is 0.272. The predicted octanol–water partition coefficient (Wildman–Crippen LogP) is 0.485. The highest BCUT2D eigenvalue weighted by Crippen LogP contribution is 2.27. The van der Waals surface area contributed by atoms with E-state index in [-0.39, 0.29) is 16.4 Å². The van der Waals surface area contributed by atoms with E-state index in [9.17, 15) is 18.0 Å². The van der Waals surface area contributed by atoms with Crippen LogP contribution in [0, 0.1) is 0 Å². The molecule has 1 unspecified atom stereocenters. The number of carbonyl (C=O) groups excluding carboxylic acids is 2. The maximum absolute atomic E-state index is 13.0. The van der Waals surface area contributed by atoms with Crippen molar-refractivity contribution in [1.29, 1.82) is 0 Å². The Labute approximate surface area is 152 Å². The van der Waals surface area contributed by atoms with Gasteiger partial charge in [0.1, 0.15) is 6.04 Å². The van der Waals surface area contributed by atoms with Crippen LogP contribution in [0.1, 0.15) is 23.2 Å². The molecule has 2 saturated heterocycles. The maximum atomic E-state index is 13.0. The number of morpholine rings is 1. The fourth-order valence-corrected chi connectivity index (χ4v) is 4.94. The third-order valence-corrected chi connectivity index (χ3v) is 6.62. The Morgan fingerprint density at radius 2 is 1.77 bits per heavy atom. The number of sulfonamides is 1. The Hall–Kier alpha value is -1.97. The van der Waals surface area contributed by atoms with Gasteiger partial charge >= 0.3 is 5.97 Å². The molecular formula is C17H22N2O6S. The molecule has 8 nitrogen and oxygen atoms in total. The molecule has 0 saturated carbocycles. The van der Waals surface area contributed by atoms with Crippen molar-refractivity contribution in [1.82, 2.24) is 9.21 Å². The molecule has 3 rings (SSSR count). The molecule has 2 aliphatic rings. The van der Waals surface area contributed by atoms with Gasteiger partial charge in [0.25, 0.3) is 0 Å². The molecule has 0 radical (unpaired) electrons. The first-order valence-electron chi connectivity index (χ1n) is 8.52. The molecule has 2 heterocycles. The molecule has 2 aliphatic heterocycles. The van der Waals surface area contributed by atoms with Gasteiger partial charge in [-0.1, -0.05) is 0 Å². The first kappa shape index (κ1) is 18.8. The first-order valence-corrected chi connectivity index (χ1v) is 9.96. The van der Waals surface area contributed by atoms with Crippen molar-refractivity contribution >= 4 is 21.9 Å². The highest BCUT2D eigenvalue weighted by molar-refractivity contribution is 7.89. The summed E-state index contributed by atoms with van der Waals surface area (Å²) in [5.74, 6) is -0.698. The molecule has 0 bridgehead atoms. The normalized spacial score (nSPS) is 21.6. The van der Waals surface area contributed by atoms with Crippen LogP contribution in [0.25, 0.3) is 0 Å². The average Bonchev–Trinajstić information content (AvgIpc) is 3.18. The second kappa shape index (κ2) is 7.73. The molecule has 0 aromatic heterocycles. The number of methoxy groups -OCH3 is 1. The van der Waals surface area contributed by atoms with Crippen LogP contribution in [0.5, 0.6) is 0 Å². The maximum Gasteiger partial charge on any atom is 0.337 e. The zero-order valence-corrected chi connectivity index (χ0v) is 15.4. The van der Waals surface area contributed by atoms with Crippen LogP contribution >= 0.6 is 0 Å². The van der Waals surface area contributed by atoms with Crippen molar-refractivity contribution in [3.8, 4) is 0 Å². The van der Waals surface area contributed by atoms with Gasteiger partial charge in [0, 0.05) is 19.6 Å². The van der Waals surface area contributed by atoms with E-state index < -0.39 is 22.0 Å². The van der Waals surface area contributed by atoms with Crippen molar-refractivity contribution in [2.75, 3.05) is 40.0 Å². The van der Waals surface area contributed by atoms with Gasteiger partial charge in [0.2, 0.25) is 15.9 Å². The van der Waals surface area contributed by atoms with E-state index in [1.165, 1.54) is 35.7 Å². The van der Waals surface area contributed by atoms with Crippen molar-refractivity contribution in [3.63, 3.8) is 0 Å². The van der Waals surface area contributed by atoms with Gasteiger partial charge in [-0.05, 0) is 37.1 Å². The van der Waals surface area contributed by atoms with Crippen LogP contribution in [0.15, 0.2) is 29.2 Å². The summed E-state index contributed by atoms with van der Waals surface area (Å²) in [4.78, 5) is 26.0. The quantitative estimate of drug-likeness (QED) is 0.704. The molecule has 1 aromatic carbocycles. The smallest absolute Gasteiger partial charge is 0.337 e. The minimum Gasteiger partial charge on any atom is -0.465 e. The second-order valence-electron chi connectivity index (χ2n) is 6.23. The number of rotatable bonds is 4. The number of carbonyl (C=O) groups is 2. The van der Waals surface area contributed by atoms with Crippen LogP contribution < -0.4 is 0 Å². The lowest BCUT2D eigenvalue weighted by molar-refractivity contribution is -0.138. The van der Waals surface area contributed by atoms with Gasteiger partial charge in [0.05, 0.1) is 30.8 Å². The third kappa shape index (κ3) is 3.60. The summed E-state index contributed by atoms with van der Waals surface area (Å²) in [6.45, 7) is 2.22. The van der Waals surface area contributed by atoms with E-state index in [1.807, 2.05) is 0 Å². The summed E-state index contributed by atoms with van der Waals surface area (Å²) in [7, 11) is -2.56. The number of hydrogen-bond donors (Lipinski definition) is 0. The summed E-state index contributed by atoms with van der Waals surface area (Å²) >= 11 is 0. The summed E-state index contributed by atoms with van der Waals surface area (Å²) in [6.07, 6.45) is 1.15. The standard InChI is InChI=1S/C17H22N2O6S/c1-24-17(21)13-4-6-14(7-5-13)26(22,23)19-8-2-3-15(19)16(20)18-9-11-25-12-10-18/h4-7,15H,2-3,8-12H2,1H3. The molecule has 2 fully saturated rings. The number of nitrogens with zero attached hydrogens (tertiary/aromatic N) is 2. The molecule has 0 spiro atoms. The van der Waals surface area contributed by atoms with E-state index in [0.29, 0.717) is 45.7 Å². The van der Waals surface area contributed by atoms with Gasteiger partial charge in [-0.15, -0.1) is 0 Å². The number of benzene rings is 1. The first-order chi connectivity index (χ1) is 12.4. The zero-order valence-electron chi connectivity index (χ0n) is 14.6. The molecule has 9 heteroatoms. The fraction of sp³-hybridized carbons (Fsp3) is 0.529. The average molecular weight is 382 g/mol. The van der Waals surface area contributed by atoms with Crippen LogP contribution in [0.4, 0.5) is 0 Å². The largest absolute Gasteiger partial charge is 0.465 e. The lowest BCUT2D eigenvalue weighted by Crippen LogP contribution is -2.50. The van der Waals surface area contributed by atoms with Crippen LogP contribution in [-0.2, 0) is 24.3 Å². The molecule has 142 valence electrons. The SMILES string of the molecule is COC(=O)c1ccc(S(=O)(=O)N2CCCC2C(=O)N2CCOCC2)cc1. The van der Waals surface area contributed by atoms with Crippen molar-refractivity contribution in [2.45, 2.75) is 23.8 Å². The highest BCUT2D eigenvalue weighted by Gasteiger charge is 2.41. The topological polar surface area (TPSA) is 93.2 Å². The number of esters is 1. The molecule has 1 amide bonds. The molecule has 0 aliphatic carbocycles. The van der Waals surface area contributed by atoms with Gasteiger partial charge in [0.15, 0.2) is 0 Å². The third-order valence-electron chi connectivity index (χ3n) is 4.69. The summed E-state index contributed by atoms with van der Waals surface area (Å²) in [6, 6.07) is 4.88. The minimum absolute atomic E-state index is 0.0619. The summed E-state index contributed by atoms with van der Waals surface area (Å²) in [5, 5.41) is 0. The molecule has 0 N–H and O–H groups in total. The number of hydrogen-bond acceptors (Lipinski definition) is 6. The number of amides is 1. The van der Waals surface area contributed by atoms with E-state index in [4.69, 9.17) is 4.74 Å². The second-order valence-corrected chi connectivity index (χ2v) is 8.12. The zero-order chi connectivity index (χ0) is 18.7. The van der Waals surface area contributed by atoms with E-state index >= 15 is 0 Å². The Balaban J connectivity index is 1.81. The fourth-order valence-electron chi connectivity index (χ4n) is 3.29. The minimum atomic E-state index is -3.82. The van der Waals surface area contributed by atoms with Crippen molar-refractivity contribution < 1.29 is 27.5 Å². The van der Waals surface area contributed by atoms with Crippen LogP contribution in [0.2, 0.25) is 0 Å². The van der Waals surface area contributed by atoms with Crippen molar-refractivity contribution in [2.24, 2.45) is 0 Å². The van der Waals surface area contributed by atoms with Gasteiger partial charge < -0.3 is 14.4 Å². The lowest BCUT2D eigenvalue weighted by atomic mass is 10.2. The molecule has 1 aromatic rings. The Kier molecular flexibility index (Phi) is 5.59. The predicted molar refractivity (Wildman–Crippen MR) is 92.1 cm³/mol. The summed E-state index contributed by atoms with van der Waals surface area (Å²) < 4.78 is 37.1. The van der Waals surface area contributed by atoms with Gasteiger partial charge in [-0.2, -0.15) is 4.31 Å². The Morgan fingerprint density at radius 1 is 1.12 bits per heavy atom. The molecular weight excluding hydrogens is 360 g/mol. The molecule has 1 atom stereocenters. The van der Waals surface area contributed by atoms with E-state index in [0.717, 1.165) is 0 Å². The highest BCUT2D eigenvalue weighted by atomic mass is 32.2. The van der Waals surface area contributed by atoms with Crippen LogP contribution in [0.3, 0.4) is 0 Å². The van der Waals surface area contributed by atoms with Gasteiger partial charge in [-0.3, -0.25) is 4.79 Å². The number of ether oxygens (including phenoxy) is 2. The van der Waals surface area contributed by atoms with Crippen molar-refractivity contribution in [3.05, 3.63) is 29.8 Å². The monoisotopic (exact) mass is 382 g/mol. The Bertz CT molecular complexity index is 771. The van der Waals surface area contributed by atoms with Gasteiger partial charge in [-0.25, -0.2) is 13.2 Å². The lowest BCUT2D eigenvalue weighted by Gasteiger charge is -2.32. The Morgan fingerprint density at radius 3 is 2.38 bits per heavy atom. The molecule has 26 heavy (non-hydrogen) atoms. The van der Waals surface area contributed by atoms with E-state index in [2.05, 4.69) is 4.74 Å². The van der Waals surface area contributed by atoms with E-state index in [1.54, 1.807) is 4.90 Å². The van der Waals surface area contributed by atoms with Crippen LogP contribution in [-0.4, -0.2) is 75.5 Å².